The number of hydrogen-bond donors (Lipinski definition) is 1. The van der Waals surface area contributed by atoms with Gasteiger partial charge in [0.2, 0.25) is 0 Å². The molecule has 1 N–H and O–H groups in total. The number of nitrogens with one attached hydrogen (secondary N) is 1. The standard InChI is InChI=1S/C28H30FN5O/c1-3-23-19-34-18-20(2)16-26(27(34)31-23)28(35)30-17-21-4-8-24(9-5-21)32-12-14-33(15-13-32)25-10-6-22(29)7-11-25/h4-11,16,18-19H,3,12-15,17H2,1-2H3,(H,30,35). The first-order valence-electron chi connectivity index (χ1n) is 12.1. The number of imidazole rings is 1. The quantitative estimate of drug-likeness (QED) is 0.447. The van der Waals surface area contributed by atoms with E-state index in [9.17, 15) is 9.18 Å². The molecule has 1 aliphatic heterocycles. The molecule has 3 heterocycles. The van der Waals surface area contributed by atoms with Gasteiger partial charge in [-0.05, 0) is 66.9 Å². The smallest absolute Gasteiger partial charge is 0.255 e. The summed E-state index contributed by atoms with van der Waals surface area (Å²) >= 11 is 0. The summed E-state index contributed by atoms with van der Waals surface area (Å²) in [6, 6.07) is 17.0. The highest BCUT2D eigenvalue weighted by atomic mass is 19.1. The topological polar surface area (TPSA) is 52.9 Å². The number of carbonyl (C=O) groups is 1. The Bertz CT molecular complexity index is 1320. The third-order valence-corrected chi connectivity index (χ3v) is 6.57. The van der Waals surface area contributed by atoms with Crippen LogP contribution in [0.4, 0.5) is 15.8 Å². The SMILES string of the molecule is CCc1cn2cc(C)cc(C(=O)NCc3ccc(N4CCN(c5ccc(F)cc5)CC4)cc3)c2n1. The van der Waals surface area contributed by atoms with E-state index in [0.717, 1.165) is 55.1 Å². The summed E-state index contributed by atoms with van der Waals surface area (Å²) < 4.78 is 15.1. The van der Waals surface area contributed by atoms with Gasteiger partial charge in [-0.25, -0.2) is 9.37 Å². The Labute approximate surface area is 205 Å². The fourth-order valence-corrected chi connectivity index (χ4v) is 4.61. The number of aromatic nitrogens is 2. The molecule has 180 valence electrons. The molecule has 0 atom stereocenters. The summed E-state index contributed by atoms with van der Waals surface area (Å²) in [7, 11) is 0. The molecule has 1 fully saturated rings. The summed E-state index contributed by atoms with van der Waals surface area (Å²) in [5.74, 6) is -0.323. The molecule has 2 aromatic heterocycles. The van der Waals surface area contributed by atoms with Gasteiger partial charge >= 0.3 is 0 Å². The van der Waals surface area contributed by atoms with Crippen molar-refractivity contribution in [2.75, 3.05) is 36.0 Å². The van der Waals surface area contributed by atoms with E-state index < -0.39 is 0 Å². The second-order valence-electron chi connectivity index (χ2n) is 9.05. The molecule has 1 aliphatic rings. The Balaban J connectivity index is 1.19. The summed E-state index contributed by atoms with van der Waals surface area (Å²) in [6.07, 6.45) is 4.81. The Hall–Kier alpha value is -3.87. The van der Waals surface area contributed by atoms with Gasteiger partial charge in [-0.2, -0.15) is 0 Å². The second-order valence-corrected chi connectivity index (χ2v) is 9.05. The molecule has 0 unspecified atom stereocenters. The van der Waals surface area contributed by atoms with E-state index in [1.165, 1.54) is 17.8 Å². The van der Waals surface area contributed by atoms with Crippen molar-refractivity contribution in [2.45, 2.75) is 26.8 Å². The van der Waals surface area contributed by atoms with Crippen molar-refractivity contribution in [3.05, 3.63) is 95.2 Å². The maximum atomic E-state index is 13.2. The van der Waals surface area contributed by atoms with Crippen molar-refractivity contribution in [2.24, 2.45) is 0 Å². The van der Waals surface area contributed by atoms with Crippen LogP contribution >= 0.6 is 0 Å². The normalized spacial score (nSPS) is 13.9. The van der Waals surface area contributed by atoms with Gasteiger partial charge in [0, 0.05) is 56.5 Å². The number of amides is 1. The van der Waals surface area contributed by atoms with Crippen LogP contribution in [0.3, 0.4) is 0 Å². The highest BCUT2D eigenvalue weighted by Crippen LogP contribution is 2.22. The van der Waals surface area contributed by atoms with E-state index in [1.807, 2.05) is 41.9 Å². The van der Waals surface area contributed by atoms with Gasteiger partial charge in [0.05, 0.1) is 11.3 Å². The summed E-state index contributed by atoms with van der Waals surface area (Å²) in [6.45, 7) is 8.09. The van der Waals surface area contributed by atoms with Crippen molar-refractivity contribution < 1.29 is 9.18 Å². The molecule has 2 aromatic carbocycles. The largest absolute Gasteiger partial charge is 0.368 e. The predicted molar refractivity (Wildman–Crippen MR) is 138 cm³/mol. The minimum absolute atomic E-state index is 0.118. The van der Waals surface area contributed by atoms with Crippen LogP contribution in [0.2, 0.25) is 0 Å². The molecule has 1 amide bonds. The lowest BCUT2D eigenvalue weighted by Crippen LogP contribution is -2.46. The monoisotopic (exact) mass is 471 g/mol. The maximum absolute atomic E-state index is 13.2. The van der Waals surface area contributed by atoms with Crippen molar-refractivity contribution >= 4 is 22.9 Å². The number of anilines is 2. The van der Waals surface area contributed by atoms with Crippen LogP contribution in [0.25, 0.3) is 5.65 Å². The molecule has 1 saturated heterocycles. The highest BCUT2D eigenvalue weighted by Gasteiger charge is 2.18. The molecule has 35 heavy (non-hydrogen) atoms. The zero-order valence-electron chi connectivity index (χ0n) is 20.2. The molecule has 0 bridgehead atoms. The third-order valence-electron chi connectivity index (χ3n) is 6.57. The number of rotatable bonds is 6. The van der Waals surface area contributed by atoms with Crippen LogP contribution in [-0.4, -0.2) is 41.5 Å². The van der Waals surface area contributed by atoms with E-state index in [-0.39, 0.29) is 11.7 Å². The molecule has 0 radical (unpaired) electrons. The lowest BCUT2D eigenvalue weighted by Gasteiger charge is -2.37. The second kappa shape index (κ2) is 9.78. The van der Waals surface area contributed by atoms with Gasteiger partial charge in [0.1, 0.15) is 11.5 Å². The number of fused-ring (bicyclic) bond motifs is 1. The first-order chi connectivity index (χ1) is 17.0. The molecule has 5 rings (SSSR count). The first kappa shape index (κ1) is 22.9. The fraction of sp³-hybridized carbons (Fsp3) is 0.286. The van der Waals surface area contributed by atoms with Gasteiger partial charge in [-0.15, -0.1) is 0 Å². The van der Waals surface area contributed by atoms with E-state index in [2.05, 4.69) is 51.3 Å². The molecule has 7 heteroatoms. The Morgan fingerprint density at radius 1 is 0.943 bits per heavy atom. The average Bonchev–Trinajstić information content (AvgIpc) is 3.31. The van der Waals surface area contributed by atoms with Crippen LogP contribution in [-0.2, 0) is 13.0 Å². The number of carbonyl (C=O) groups excluding carboxylic acids is 1. The van der Waals surface area contributed by atoms with Crippen molar-refractivity contribution in [1.29, 1.82) is 0 Å². The van der Waals surface area contributed by atoms with Gasteiger partial charge in [-0.3, -0.25) is 4.79 Å². The minimum atomic E-state index is -0.206. The fourth-order valence-electron chi connectivity index (χ4n) is 4.61. The number of piperazine rings is 1. The van der Waals surface area contributed by atoms with Gasteiger partial charge < -0.3 is 19.5 Å². The van der Waals surface area contributed by atoms with Crippen LogP contribution in [0.1, 0.15) is 34.1 Å². The Kier molecular flexibility index (Phi) is 6.40. The average molecular weight is 472 g/mol. The highest BCUT2D eigenvalue weighted by molar-refractivity contribution is 6.00. The number of hydrogen-bond acceptors (Lipinski definition) is 4. The van der Waals surface area contributed by atoms with Crippen molar-refractivity contribution in [3.8, 4) is 0 Å². The van der Waals surface area contributed by atoms with E-state index in [4.69, 9.17) is 0 Å². The lowest BCUT2D eigenvalue weighted by molar-refractivity contribution is 0.0952. The lowest BCUT2D eigenvalue weighted by atomic mass is 10.1. The molecule has 4 aromatic rings. The summed E-state index contributed by atoms with van der Waals surface area (Å²) in [4.78, 5) is 22.2. The van der Waals surface area contributed by atoms with E-state index in [0.29, 0.717) is 17.8 Å². The number of halogens is 1. The summed E-state index contributed by atoms with van der Waals surface area (Å²) in [5.41, 5.74) is 6.56. The molecular formula is C28H30FN5O. The van der Waals surface area contributed by atoms with Crippen molar-refractivity contribution in [3.63, 3.8) is 0 Å². The van der Waals surface area contributed by atoms with Gasteiger partial charge in [-0.1, -0.05) is 19.1 Å². The summed E-state index contributed by atoms with van der Waals surface area (Å²) in [5, 5.41) is 3.05. The van der Waals surface area contributed by atoms with Crippen LogP contribution in [0.15, 0.2) is 67.0 Å². The molecule has 0 saturated carbocycles. The predicted octanol–water partition coefficient (Wildman–Crippen LogP) is 4.60. The van der Waals surface area contributed by atoms with Crippen LogP contribution in [0.5, 0.6) is 0 Å². The van der Waals surface area contributed by atoms with Crippen molar-refractivity contribution in [1.82, 2.24) is 14.7 Å². The molecule has 0 spiro atoms. The third kappa shape index (κ3) is 4.99. The first-order valence-corrected chi connectivity index (χ1v) is 12.1. The minimum Gasteiger partial charge on any atom is -0.368 e. The number of pyridine rings is 1. The van der Waals surface area contributed by atoms with E-state index >= 15 is 0 Å². The number of benzene rings is 2. The van der Waals surface area contributed by atoms with Crippen LogP contribution < -0.4 is 15.1 Å². The van der Waals surface area contributed by atoms with E-state index in [1.54, 1.807) is 0 Å². The maximum Gasteiger partial charge on any atom is 0.255 e. The Morgan fingerprint density at radius 2 is 1.54 bits per heavy atom. The number of nitrogens with zero attached hydrogens (tertiary/aromatic N) is 4. The number of aryl methyl sites for hydroxylation is 2. The van der Waals surface area contributed by atoms with Gasteiger partial charge in [0.15, 0.2) is 0 Å². The van der Waals surface area contributed by atoms with Crippen LogP contribution in [0, 0.1) is 12.7 Å². The zero-order chi connectivity index (χ0) is 24.4. The molecule has 0 aliphatic carbocycles. The Morgan fingerprint density at radius 3 is 2.14 bits per heavy atom. The molecular weight excluding hydrogens is 441 g/mol. The zero-order valence-corrected chi connectivity index (χ0v) is 20.2. The van der Waals surface area contributed by atoms with Gasteiger partial charge in [0.25, 0.3) is 5.91 Å². The molecule has 6 nitrogen and oxygen atoms in total.